The molecule has 2 aromatic rings. The Kier molecular flexibility index (Phi) is 6.15. The molecule has 4 rings (SSSR count). The van der Waals surface area contributed by atoms with Gasteiger partial charge in [0.25, 0.3) is 0 Å². The van der Waals surface area contributed by atoms with Gasteiger partial charge in [0, 0.05) is 36.1 Å². The topological polar surface area (TPSA) is 72.9 Å². The normalized spacial score (nSPS) is 16.4. The Balaban J connectivity index is 1.31. The number of aromatic nitrogens is 1. The van der Waals surface area contributed by atoms with Crippen LogP contribution in [0.25, 0.3) is 0 Å². The van der Waals surface area contributed by atoms with E-state index in [0.717, 1.165) is 48.1 Å². The molecule has 2 aliphatic rings. The fourth-order valence-corrected chi connectivity index (χ4v) is 4.69. The second-order valence-electron chi connectivity index (χ2n) is 6.84. The Hall–Kier alpha value is -2.39. The molecule has 1 aromatic heterocycles. The Morgan fingerprint density at radius 3 is 2.83 bits per heavy atom. The highest BCUT2D eigenvalue weighted by molar-refractivity contribution is 7.80. The SMILES string of the molecule is CCOC(=O)c1csc(C2CCN(C(=S)Nc3ccc4c(c3)OCCO4)CC2)n1. The van der Waals surface area contributed by atoms with Gasteiger partial charge in [-0.2, -0.15) is 0 Å². The van der Waals surface area contributed by atoms with E-state index in [1.807, 2.05) is 18.2 Å². The van der Waals surface area contributed by atoms with Gasteiger partial charge in [0.05, 0.1) is 11.6 Å². The molecule has 1 saturated heterocycles. The van der Waals surface area contributed by atoms with Crippen LogP contribution in [0.5, 0.6) is 11.5 Å². The summed E-state index contributed by atoms with van der Waals surface area (Å²) in [5, 5.41) is 6.78. The lowest BCUT2D eigenvalue weighted by Crippen LogP contribution is -2.40. The number of carbonyl (C=O) groups excluding carboxylic acids is 1. The maximum Gasteiger partial charge on any atom is 0.357 e. The lowest BCUT2D eigenvalue weighted by atomic mass is 9.98. The second-order valence-corrected chi connectivity index (χ2v) is 8.12. The average Bonchev–Trinajstić information content (AvgIpc) is 3.24. The van der Waals surface area contributed by atoms with Crippen molar-refractivity contribution in [2.24, 2.45) is 0 Å². The molecule has 2 aliphatic heterocycles. The minimum absolute atomic E-state index is 0.344. The number of anilines is 1. The number of hydrogen-bond donors (Lipinski definition) is 1. The Labute approximate surface area is 179 Å². The highest BCUT2D eigenvalue weighted by Crippen LogP contribution is 2.33. The number of ether oxygens (including phenoxy) is 3. The quantitative estimate of drug-likeness (QED) is 0.578. The first-order chi connectivity index (χ1) is 14.1. The summed E-state index contributed by atoms with van der Waals surface area (Å²) in [6, 6.07) is 5.76. The maximum absolute atomic E-state index is 11.8. The van der Waals surface area contributed by atoms with Crippen molar-refractivity contribution in [3.8, 4) is 11.5 Å². The molecule has 0 saturated carbocycles. The molecule has 1 fully saturated rings. The number of nitrogens with zero attached hydrogens (tertiary/aromatic N) is 2. The van der Waals surface area contributed by atoms with Crippen molar-refractivity contribution in [1.82, 2.24) is 9.88 Å². The van der Waals surface area contributed by atoms with Crippen LogP contribution >= 0.6 is 23.6 Å². The standard InChI is InChI=1S/C20H23N3O4S2/c1-2-25-19(24)15-12-29-18(22-15)13-5-7-23(8-6-13)20(28)21-14-3-4-16-17(11-14)27-10-9-26-16/h3-4,11-13H,2,5-10H2,1H3,(H,21,28). The van der Waals surface area contributed by atoms with Crippen molar-refractivity contribution in [2.75, 3.05) is 38.2 Å². The molecule has 0 bridgehead atoms. The van der Waals surface area contributed by atoms with Gasteiger partial charge in [0.1, 0.15) is 13.2 Å². The molecule has 154 valence electrons. The number of hydrogen-bond acceptors (Lipinski definition) is 7. The van der Waals surface area contributed by atoms with Crippen molar-refractivity contribution in [3.05, 3.63) is 34.3 Å². The van der Waals surface area contributed by atoms with Gasteiger partial charge in [-0.15, -0.1) is 11.3 Å². The van der Waals surface area contributed by atoms with Gasteiger partial charge in [-0.3, -0.25) is 0 Å². The molecule has 0 radical (unpaired) electrons. The molecule has 0 atom stereocenters. The summed E-state index contributed by atoms with van der Waals surface area (Å²) in [6.07, 6.45) is 1.89. The summed E-state index contributed by atoms with van der Waals surface area (Å²) < 4.78 is 16.2. The number of fused-ring (bicyclic) bond motifs is 1. The summed E-state index contributed by atoms with van der Waals surface area (Å²) >= 11 is 7.13. The van der Waals surface area contributed by atoms with Crippen molar-refractivity contribution >= 4 is 40.3 Å². The highest BCUT2D eigenvalue weighted by atomic mass is 32.1. The van der Waals surface area contributed by atoms with Gasteiger partial charge in [-0.05, 0) is 44.1 Å². The number of carbonyl (C=O) groups is 1. The van der Waals surface area contributed by atoms with Gasteiger partial charge in [0.15, 0.2) is 22.3 Å². The van der Waals surface area contributed by atoms with Gasteiger partial charge in [-0.25, -0.2) is 9.78 Å². The fraction of sp³-hybridized carbons (Fsp3) is 0.450. The molecule has 0 unspecified atom stereocenters. The first kappa shape index (κ1) is 19.9. The highest BCUT2D eigenvalue weighted by Gasteiger charge is 2.25. The summed E-state index contributed by atoms with van der Waals surface area (Å²) in [4.78, 5) is 18.5. The van der Waals surface area contributed by atoms with Crippen molar-refractivity contribution in [2.45, 2.75) is 25.7 Å². The number of piperidine rings is 1. The third-order valence-corrected chi connectivity index (χ3v) is 6.30. The largest absolute Gasteiger partial charge is 0.486 e. The van der Waals surface area contributed by atoms with Crippen LogP contribution in [0.4, 0.5) is 5.69 Å². The number of benzene rings is 1. The monoisotopic (exact) mass is 433 g/mol. The van der Waals surface area contributed by atoms with Gasteiger partial charge in [0.2, 0.25) is 0 Å². The molecule has 7 nitrogen and oxygen atoms in total. The molecule has 0 spiro atoms. The van der Waals surface area contributed by atoms with E-state index in [4.69, 9.17) is 26.4 Å². The van der Waals surface area contributed by atoms with Crippen LogP contribution in [-0.4, -0.2) is 53.9 Å². The van der Waals surface area contributed by atoms with Gasteiger partial charge < -0.3 is 24.4 Å². The van der Waals surface area contributed by atoms with Gasteiger partial charge >= 0.3 is 5.97 Å². The van der Waals surface area contributed by atoms with Crippen LogP contribution in [0.3, 0.4) is 0 Å². The minimum atomic E-state index is -0.350. The lowest BCUT2D eigenvalue weighted by molar-refractivity contribution is 0.0520. The smallest absolute Gasteiger partial charge is 0.357 e. The lowest BCUT2D eigenvalue weighted by Gasteiger charge is -2.33. The predicted molar refractivity (Wildman–Crippen MR) is 115 cm³/mol. The summed E-state index contributed by atoms with van der Waals surface area (Å²) in [5.74, 6) is 1.50. The van der Waals surface area contributed by atoms with E-state index in [0.29, 0.717) is 36.5 Å². The number of likely N-dealkylation sites (tertiary alicyclic amines) is 1. The first-order valence-electron chi connectivity index (χ1n) is 9.72. The molecule has 0 amide bonds. The van der Waals surface area contributed by atoms with Crippen molar-refractivity contribution < 1.29 is 19.0 Å². The average molecular weight is 434 g/mol. The molecule has 0 aliphatic carbocycles. The van der Waals surface area contributed by atoms with Crippen molar-refractivity contribution in [3.63, 3.8) is 0 Å². The van der Waals surface area contributed by atoms with Crippen LogP contribution < -0.4 is 14.8 Å². The van der Waals surface area contributed by atoms with Gasteiger partial charge in [-0.1, -0.05) is 0 Å². The molecule has 29 heavy (non-hydrogen) atoms. The third kappa shape index (κ3) is 4.62. The van der Waals surface area contributed by atoms with Crippen LogP contribution in [-0.2, 0) is 4.74 Å². The molecule has 3 heterocycles. The number of thiazole rings is 1. The van der Waals surface area contributed by atoms with E-state index < -0.39 is 0 Å². The van der Waals surface area contributed by atoms with E-state index in [-0.39, 0.29) is 5.97 Å². The maximum atomic E-state index is 11.8. The molecular formula is C20H23N3O4S2. The van der Waals surface area contributed by atoms with Crippen LogP contribution in [0.1, 0.15) is 41.2 Å². The Morgan fingerprint density at radius 1 is 1.31 bits per heavy atom. The number of esters is 1. The van der Waals surface area contributed by atoms with Crippen molar-refractivity contribution in [1.29, 1.82) is 0 Å². The number of nitrogens with one attached hydrogen (secondary N) is 1. The van der Waals surface area contributed by atoms with Crippen LogP contribution in [0.15, 0.2) is 23.6 Å². The number of thiocarbonyl (C=S) groups is 1. The Morgan fingerprint density at radius 2 is 2.07 bits per heavy atom. The minimum Gasteiger partial charge on any atom is -0.486 e. The fourth-order valence-electron chi connectivity index (χ4n) is 3.43. The Bertz CT molecular complexity index is 894. The predicted octanol–water partition coefficient (Wildman–Crippen LogP) is 3.67. The van der Waals surface area contributed by atoms with E-state index in [1.165, 1.54) is 11.3 Å². The van der Waals surface area contributed by atoms with E-state index in [9.17, 15) is 4.79 Å². The first-order valence-corrected chi connectivity index (χ1v) is 11.0. The van der Waals surface area contributed by atoms with Crippen LogP contribution in [0.2, 0.25) is 0 Å². The molecule has 1 aromatic carbocycles. The summed E-state index contributed by atoms with van der Waals surface area (Å²) in [7, 11) is 0. The summed E-state index contributed by atoms with van der Waals surface area (Å²) in [5.41, 5.74) is 1.30. The third-order valence-electron chi connectivity index (χ3n) is 4.93. The zero-order valence-electron chi connectivity index (χ0n) is 16.2. The molecule has 9 heteroatoms. The zero-order valence-corrected chi connectivity index (χ0v) is 17.8. The molecular weight excluding hydrogens is 410 g/mol. The van der Waals surface area contributed by atoms with E-state index >= 15 is 0 Å². The van der Waals surface area contributed by atoms with E-state index in [2.05, 4.69) is 15.2 Å². The molecule has 1 N–H and O–H groups in total. The van der Waals surface area contributed by atoms with E-state index in [1.54, 1.807) is 12.3 Å². The zero-order chi connectivity index (χ0) is 20.2. The summed E-state index contributed by atoms with van der Waals surface area (Å²) in [6.45, 7) is 4.97. The second kappa shape index (κ2) is 8.96. The number of rotatable bonds is 4. The van der Waals surface area contributed by atoms with Crippen LogP contribution in [0, 0.1) is 0 Å².